The van der Waals surface area contributed by atoms with E-state index in [0.29, 0.717) is 24.0 Å². The van der Waals surface area contributed by atoms with E-state index in [9.17, 15) is 19.2 Å². The van der Waals surface area contributed by atoms with Crippen LogP contribution in [0, 0.1) is 5.92 Å². The third-order valence-electron chi connectivity index (χ3n) is 9.38. The van der Waals surface area contributed by atoms with Gasteiger partial charge in [-0.3, -0.25) is 0 Å². The fourth-order valence-corrected chi connectivity index (χ4v) is 5.77. The Balaban J connectivity index is 0.000000949. The van der Waals surface area contributed by atoms with Gasteiger partial charge in [0.05, 0.1) is 29.6 Å². The van der Waals surface area contributed by atoms with E-state index >= 15 is 0 Å². The van der Waals surface area contributed by atoms with Gasteiger partial charge in [0.15, 0.2) is 0 Å². The molecule has 65 heavy (non-hydrogen) atoms. The minimum Gasteiger partial charge on any atom is -0.247 e. The van der Waals surface area contributed by atoms with E-state index in [1.807, 2.05) is 65.0 Å². The average molecular weight is 907 g/mol. The van der Waals surface area contributed by atoms with Crippen LogP contribution in [0.3, 0.4) is 0 Å². The molecule has 0 amide bonds. The van der Waals surface area contributed by atoms with Crippen LogP contribution in [0.25, 0.3) is 0 Å². The molecule has 366 valence electrons. The first-order valence-electron chi connectivity index (χ1n) is 24.4. The van der Waals surface area contributed by atoms with Crippen LogP contribution in [0.5, 0.6) is 0 Å². The van der Waals surface area contributed by atoms with Crippen LogP contribution >= 0.6 is 0 Å². The average Bonchev–Trinajstić information content (AvgIpc) is 3.29. The summed E-state index contributed by atoms with van der Waals surface area (Å²) in [7, 11) is 0. The molecule has 0 aliphatic carbocycles. The van der Waals surface area contributed by atoms with E-state index in [-0.39, 0.29) is 5.60 Å². The molecule has 0 aliphatic heterocycles. The molecule has 3 aromatic carbocycles. The fraction of sp³-hybridized carbons (Fsp3) is 0.600. The van der Waals surface area contributed by atoms with Crippen LogP contribution in [0.4, 0.5) is 0 Å². The molecule has 0 radical (unpaired) electrons. The zero-order chi connectivity index (χ0) is 48.6. The summed E-state index contributed by atoms with van der Waals surface area (Å²) in [5.74, 6) is -1.44. The van der Waals surface area contributed by atoms with Gasteiger partial charge in [-0.1, -0.05) is 204 Å². The van der Waals surface area contributed by atoms with Crippen LogP contribution in [-0.4, -0.2) is 29.5 Å². The molecule has 0 atom stereocenters. The number of rotatable bonds is 25. The van der Waals surface area contributed by atoms with Crippen molar-refractivity contribution in [1.29, 1.82) is 0 Å². The molecule has 3 aromatic rings. The maximum Gasteiger partial charge on any atom is 0.386 e. The highest BCUT2D eigenvalue weighted by Crippen LogP contribution is 2.26. The molecular formula is C55H86O10. The lowest BCUT2D eigenvalue weighted by atomic mass is 9.99. The summed E-state index contributed by atoms with van der Waals surface area (Å²) in [5.41, 5.74) is 1.03. The normalized spacial score (nSPS) is 10.8. The number of unbranched alkanes of at least 4 members (excludes halogenated alkanes) is 16. The Hall–Kier alpha value is -4.54. The predicted molar refractivity (Wildman–Crippen MR) is 261 cm³/mol. The molecule has 0 spiro atoms. The van der Waals surface area contributed by atoms with Gasteiger partial charge in [-0.15, -0.1) is 0 Å². The first-order valence-corrected chi connectivity index (χ1v) is 24.4. The highest BCUT2D eigenvalue weighted by molar-refractivity contribution is 5.92. The van der Waals surface area contributed by atoms with Gasteiger partial charge in [0, 0.05) is 0 Å². The largest absolute Gasteiger partial charge is 0.386 e. The molecule has 0 saturated carbocycles. The molecular weight excluding hydrogens is 821 g/mol. The quantitative estimate of drug-likeness (QED) is 0.0461. The van der Waals surface area contributed by atoms with Crippen molar-refractivity contribution in [3.05, 3.63) is 108 Å². The summed E-state index contributed by atoms with van der Waals surface area (Å²) in [6, 6.07) is 26.6. The Labute approximate surface area is 393 Å². The summed E-state index contributed by atoms with van der Waals surface area (Å²) >= 11 is 0. The fourth-order valence-electron chi connectivity index (χ4n) is 5.77. The minimum absolute atomic E-state index is 0.286. The van der Waals surface area contributed by atoms with E-state index in [1.54, 1.807) is 60.7 Å². The van der Waals surface area contributed by atoms with E-state index in [0.717, 1.165) is 50.0 Å². The summed E-state index contributed by atoms with van der Waals surface area (Å²) in [5, 5.41) is 0. The number of hydrogen-bond acceptors (Lipinski definition) is 10. The van der Waals surface area contributed by atoms with Gasteiger partial charge >= 0.3 is 23.9 Å². The first-order chi connectivity index (χ1) is 31.0. The third-order valence-corrected chi connectivity index (χ3v) is 9.38. The lowest BCUT2D eigenvalue weighted by molar-refractivity contribution is -0.401. The standard InChI is InChI=1S/C24H46O4.C14H10O4.C13H20O2.C4H10/c1-3-5-7-9-11-13-15-17-19-21-23(25)27-28-24(26)22-20-18-16-14-12-10-8-6-4-2;15-13(11-7-3-1-4-8-11)17-18-14(16)12-9-5-2-6-10-12;1-12(2,3)14-15-13(4,5)11-9-7-6-8-10-11;1-4(2)3/h3-22H2,1-2H3;1-10H;6-10H,1-5H3;4H,1-3H3. The summed E-state index contributed by atoms with van der Waals surface area (Å²) < 4.78 is 0. The Morgan fingerprint density at radius 2 is 0.708 bits per heavy atom. The molecule has 0 fully saturated rings. The maximum atomic E-state index is 11.6. The van der Waals surface area contributed by atoms with Crippen LogP contribution in [0.15, 0.2) is 91.0 Å². The SMILES string of the molecule is CC(C)(C)OOC(C)(C)c1ccccc1.CC(C)C.CCCCCCCCCCCC(=O)OOC(=O)CCCCCCCCCCC.O=C(OOC(=O)c1ccccc1)c1ccccc1. The monoisotopic (exact) mass is 907 g/mol. The van der Waals surface area contributed by atoms with Crippen LogP contribution in [0.1, 0.15) is 224 Å². The Kier molecular flexibility index (Phi) is 36.0. The van der Waals surface area contributed by atoms with E-state index in [2.05, 4.69) is 54.2 Å². The lowest BCUT2D eigenvalue weighted by Gasteiger charge is -2.28. The van der Waals surface area contributed by atoms with E-state index in [1.165, 1.54) is 77.0 Å². The van der Waals surface area contributed by atoms with Crippen molar-refractivity contribution in [2.24, 2.45) is 5.92 Å². The second kappa shape index (κ2) is 38.7. The van der Waals surface area contributed by atoms with Crippen LogP contribution in [-0.2, 0) is 44.5 Å². The molecule has 0 heterocycles. The van der Waals surface area contributed by atoms with Crippen molar-refractivity contribution < 1.29 is 48.5 Å². The Morgan fingerprint density at radius 1 is 0.415 bits per heavy atom. The van der Waals surface area contributed by atoms with Crippen LogP contribution in [0.2, 0.25) is 0 Å². The molecule has 0 bridgehead atoms. The van der Waals surface area contributed by atoms with Gasteiger partial charge in [-0.05, 0) is 83.2 Å². The number of carbonyl (C=O) groups is 4. The smallest absolute Gasteiger partial charge is 0.247 e. The van der Waals surface area contributed by atoms with Crippen molar-refractivity contribution in [2.75, 3.05) is 0 Å². The van der Waals surface area contributed by atoms with Gasteiger partial charge < -0.3 is 0 Å². The van der Waals surface area contributed by atoms with Crippen molar-refractivity contribution in [3.8, 4) is 0 Å². The van der Waals surface area contributed by atoms with Crippen molar-refractivity contribution in [2.45, 2.75) is 209 Å². The summed E-state index contributed by atoms with van der Waals surface area (Å²) in [6.07, 6.45) is 22.3. The van der Waals surface area contributed by atoms with Gasteiger partial charge in [0.25, 0.3) is 0 Å². The number of hydrogen-bond donors (Lipinski definition) is 0. The van der Waals surface area contributed by atoms with E-state index < -0.39 is 29.5 Å². The number of benzene rings is 3. The molecule has 0 saturated heterocycles. The van der Waals surface area contributed by atoms with Gasteiger partial charge in [0.2, 0.25) is 0 Å². The van der Waals surface area contributed by atoms with Gasteiger partial charge in [-0.25, -0.2) is 48.5 Å². The Bertz CT molecular complexity index is 1510. The zero-order valence-electron chi connectivity index (χ0n) is 42.0. The highest BCUT2D eigenvalue weighted by Gasteiger charge is 2.25. The third kappa shape index (κ3) is 37.4. The first kappa shape index (κ1) is 60.5. The zero-order valence-corrected chi connectivity index (χ0v) is 42.0. The lowest BCUT2D eigenvalue weighted by Crippen LogP contribution is -2.28. The predicted octanol–water partition coefficient (Wildman–Crippen LogP) is 15.8. The maximum absolute atomic E-state index is 11.6. The van der Waals surface area contributed by atoms with Crippen molar-refractivity contribution in [3.63, 3.8) is 0 Å². The van der Waals surface area contributed by atoms with Crippen molar-refractivity contribution in [1.82, 2.24) is 0 Å². The summed E-state index contributed by atoms with van der Waals surface area (Å²) in [4.78, 5) is 75.1. The molecule has 10 nitrogen and oxygen atoms in total. The molecule has 0 aromatic heterocycles. The van der Waals surface area contributed by atoms with E-state index in [4.69, 9.17) is 9.78 Å². The topological polar surface area (TPSA) is 124 Å². The minimum atomic E-state index is -0.708. The second-order valence-corrected chi connectivity index (χ2v) is 18.4. The number of carbonyl (C=O) groups excluding carboxylic acids is 4. The second-order valence-electron chi connectivity index (χ2n) is 18.4. The highest BCUT2D eigenvalue weighted by atomic mass is 17.2. The van der Waals surface area contributed by atoms with Gasteiger partial charge in [-0.2, -0.15) is 0 Å². The molecule has 10 heteroatoms. The molecule has 0 unspecified atom stereocenters. The van der Waals surface area contributed by atoms with Crippen molar-refractivity contribution >= 4 is 23.9 Å². The molecule has 0 aliphatic rings. The molecule has 0 N–H and O–H groups in total. The summed E-state index contributed by atoms with van der Waals surface area (Å²) in [6.45, 7) is 20.8. The molecule has 3 rings (SSSR count). The van der Waals surface area contributed by atoms with Crippen LogP contribution < -0.4 is 0 Å². The Morgan fingerprint density at radius 3 is 1.02 bits per heavy atom. The van der Waals surface area contributed by atoms with Gasteiger partial charge in [0.1, 0.15) is 5.60 Å².